The standard InChI is InChI=1S/C55H40F2N4/c1-33-24-34(2)27-42(26-33)39-18-21-49-44(30-39)45-31-40(43-28-35(3)25-36(4)29-43)19-22-50(45)61(49)51-23-20-41(52-47(56)16-11-17-48(52)57)32-46(51)55-59-53(37-12-7-5-8-13-37)58-54(60-55)38-14-9-6-10-15-38/h5-32H,1-4H3. The smallest absolute Gasteiger partial charge is 0.166 e. The van der Waals surface area contributed by atoms with Crippen molar-refractivity contribution >= 4 is 21.8 Å². The van der Waals surface area contributed by atoms with E-state index in [1.807, 2.05) is 66.7 Å². The number of aryl methyl sites for hydroxylation is 4. The van der Waals surface area contributed by atoms with Crippen LogP contribution < -0.4 is 0 Å². The zero-order valence-electron chi connectivity index (χ0n) is 34.2. The fourth-order valence-corrected chi connectivity index (χ4v) is 8.69. The fourth-order valence-electron chi connectivity index (χ4n) is 8.69. The molecule has 10 aromatic rings. The molecule has 294 valence electrons. The van der Waals surface area contributed by atoms with Gasteiger partial charge >= 0.3 is 0 Å². The molecular weight excluding hydrogens is 755 g/mol. The molecule has 0 aliphatic heterocycles. The molecule has 0 saturated heterocycles. The lowest BCUT2D eigenvalue weighted by atomic mass is 9.97. The van der Waals surface area contributed by atoms with Crippen LogP contribution in [0.25, 0.3) is 95.0 Å². The van der Waals surface area contributed by atoms with Gasteiger partial charge in [-0.2, -0.15) is 0 Å². The van der Waals surface area contributed by atoms with E-state index >= 15 is 8.78 Å². The molecular formula is C55H40F2N4. The zero-order chi connectivity index (χ0) is 41.8. The van der Waals surface area contributed by atoms with Crippen LogP contribution in [0.5, 0.6) is 0 Å². The van der Waals surface area contributed by atoms with Crippen molar-refractivity contribution in [2.24, 2.45) is 0 Å². The van der Waals surface area contributed by atoms with Gasteiger partial charge in [0.2, 0.25) is 0 Å². The third kappa shape index (κ3) is 7.06. The normalized spacial score (nSPS) is 11.4. The molecule has 0 spiro atoms. The third-order valence-electron chi connectivity index (χ3n) is 11.3. The van der Waals surface area contributed by atoms with Crippen molar-refractivity contribution in [1.82, 2.24) is 19.5 Å². The number of nitrogens with zero attached hydrogens (tertiary/aromatic N) is 4. The van der Waals surface area contributed by atoms with Crippen LogP contribution in [0, 0.1) is 39.3 Å². The van der Waals surface area contributed by atoms with Crippen molar-refractivity contribution < 1.29 is 8.78 Å². The summed E-state index contributed by atoms with van der Waals surface area (Å²) in [5, 5.41) is 2.14. The molecule has 4 nitrogen and oxygen atoms in total. The molecule has 61 heavy (non-hydrogen) atoms. The number of halogens is 2. The van der Waals surface area contributed by atoms with Gasteiger partial charge < -0.3 is 4.57 Å². The number of hydrogen-bond acceptors (Lipinski definition) is 3. The second kappa shape index (κ2) is 15.2. The van der Waals surface area contributed by atoms with Gasteiger partial charge in [0.05, 0.1) is 22.3 Å². The monoisotopic (exact) mass is 794 g/mol. The van der Waals surface area contributed by atoms with E-state index in [4.69, 9.17) is 15.0 Å². The van der Waals surface area contributed by atoms with Crippen LogP contribution >= 0.6 is 0 Å². The average Bonchev–Trinajstić information content (AvgIpc) is 3.59. The number of fused-ring (bicyclic) bond motifs is 3. The Kier molecular flexibility index (Phi) is 9.41. The first-order chi connectivity index (χ1) is 29.7. The summed E-state index contributed by atoms with van der Waals surface area (Å²) < 4.78 is 33.4. The van der Waals surface area contributed by atoms with Crippen molar-refractivity contribution in [2.45, 2.75) is 27.7 Å². The number of rotatable bonds is 7. The maximum atomic E-state index is 15.6. The Morgan fingerprint density at radius 1 is 0.361 bits per heavy atom. The van der Waals surface area contributed by atoms with Crippen molar-refractivity contribution in [2.75, 3.05) is 0 Å². The first kappa shape index (κ1) is 37.7. The molecule has 0 amide bonds. The van der Waals surface area contributed by atoms with Gasteiger partial charge in [-0.1, -0.05) is 144 Å². The lowest BCUT2D eigenvalue weighted by molar-refractivity contribution is 0.589. The Labute approximate surface area is 353 Å². The molecule has 2 heterocycles. The van der Waals surface area contributed by atoms with Crippen LogP contribution in [0.15, 0.2) is 170 Å². The second-order valence-electron chi connectivity index (χ2n) is 15.9. The predicted molar refractivity (Wildman–Crippen MR) is 246 cm³/mol. The topological polar surface area (TPSA) is 43.6 Å². The molecule has 8 aromatic carbocycles. The Balaban J connectivity index is 1.29. The van der Waals surface area contributed by atoms with Crippen LogP contribution in [-0.4, -0.2) is 19.5 Å². The van der Waals surface area contributed by atoms with E-state index in [9.17, 15) is 0 Å². The Morgan fingerprint density at radius 2 is 0.803 bits per heavy atom. The van der Waals surface area contributed by atoms with E-state index in [1.165, 1.54) is 40.5 Å². The lowest BCUT2D eigenvalue weighted by Crippen LogP contribution is -2.04. The highest BCUT2D eigenvalue weighted by molar-refractivity contribution is 6.12. The van der Waals surface area contributed by atoms with Crippen molar-refractivity contribution in [3.63, 3.8) is 0 Å². The van der Waals surface area contributed by atoms with E-state index in [2.05, 4.69) is 105 Å². The quantitative estimate of drug-likeness (QED) is 0.161. The second-order valence-corrected chi connectivity index (χ2v) is 15.9. The van der Waals surface area contributed by atoms with Crippen molar-refractivity contribution in [3.05, 3.63) is 204 Å². The van der Waals surface area contributed by atoms with Crippen LogP contribution in [0.3, 0.4) is 0 Å². The van der Waals surface area contributed by atoms with Crippen molar-refractivity contribution in [3.8, 4) is 73.2 Å². The highest BCUT2D eigenvalue weighted by Gasteiger charge is 2.23. The Morgan fingerprint density at radius 3 is 1.28 bits per heavy atom. The molecule has 0 aliphatic rings. The summed E-state index contributed by atoms with van der Waals surface area (Å²) in [5.74, 6) is 0.0283. The molecule has 10 rings (SSSR count). The summed E-state index contributed by atoms with van der Waals surface area (Å²) in [4.78, 5) is 15.2. The summed E-state index contributed by atoms with van der Waals surface area (Å²) in [6.45, 7) is 8.51. The van der Waals surface area contributed by atoms with Gasteiger partial charge in [-0.3, -0.25) is 0 Å². The summed E-state index contributed by atoms with van der Waals surface area (Å²) in [7, 11) is 0. The predicted octanol–water partition coefficient (Wildman–Crippen LogP) is 14.5. The molecule has 6 heteroatoms. The van der Waals surface area contributed by atoms with Crippen LogP contribution in [0.4, 0.5) is 8.78 Å². The molecule has 0 atom stereocenters. The maximum absolute atomic E-state index is 15.6. The summed E-state index contributed by atoms with van der Waals surface area (Å²) in [5.41, 5.74) is 14.5. The van der Waals surface area contributed by atoms with E-state index in [0.29, 0.717) is 28.6 Å². The van der Waals surface area contributed by atoms with E-state index in [0.717, 1.165) is 60.9 Å². The third-order valence-corrected chi connectivity index (χ3v) is 11.3. The van der Waals surface area contributed by atoms with E-state index in [1.54, 1.807) is 12.1 Å². The SMILES string of the molecule is Cc1cc(C)cc(-c2ccc3c(c2)c2cc(-c4cc(C)cc(C)c4)ccc2n3-c2ccc(-c3c(F)cccc3F)cc2-c2nc(-c3ccccc3)nc(-c3ccccc3)n2)c1. The van der Waals surface area contributed by atoms with Gasteiger partial charge in [0, 0.05) is 27.5 Å². The van der Waals surface area contributed by atoms with Gasteiger partial charge in [-0.15, -0.1) is 0 Å². The van der Waals surface area contributed by atoms with Gasteiger partial charge in [0.25, 0.3) is 0 Å². The van der Waals surface area contributed by atoms with Crippen LogP contribution in [0.1, 0.15) is 22.3 Å². The van der Waals surface area contributed by atoms with Crippen LogP contribution in [-0.2, 0) is 0 Å². The molecule has 0 unspecified atom stereocenters. The Bertz CT molecular complexity index is 3090. The molecule has 0 saturated carbocycles. The lowest BCUT2D eigenvalue weighted by Gasteiger charge is -2.17. The highest BCUT2D eigenvalue weighted by Crippen LogP contribution is 2.41. The average molecular weight is 795 g/mol. The highest BCUT2D eigenvalue weighted by atomic mass is 19.1. The molecule has 0 bridgehead atoms. The Hall–Kier alpha value is -7.57. The van der Waals surface area contributed by atoms with Gasteiger partial charge in [-0.25, -0.2) is 23.7 Å². The first-order valence-corrected chi connectivity index (χ1v) is 20.4. The zero-order valence-corrected chi connectivity index (χ0v) is 34.2. The number of benzene rings is 8. The van der Waals surface area contributed by atoms with E-state index in [-0.39, 0.29) is 5.56 Å². The number of hydrogen-bond donors (Lipinski definition) is 0. The first-order valence-electron chi connectivity index (χ1n) is 20.4. The maximum Gasteiger partial charge on any atom is 0.166 e. The van der Waals surface area contributed by atoms with Gasteiger partial charge in [-0.05, 0) is 104 Å². The van der Waals surface area contributed by atoms with Crippen LogP contribution in [0.2, 0.25) is 0 Å². The number of aromatic nitrogens is 4. The fraction of sp³-hybridized carbons (Fsp3) is 0.0727. The molecule has 0 aliphatic carbocycles. The minimum atomic E-state index is -0.654. The molecule has 0 radical (unpaired) electrons. The van der Waals surface area contributed by atoms with Gasteiger partial charge in [0.1, 0.15) is 11.6 Å². The molecule has 2 aromatic heterocycles. The summed E-state index contributed by atoms with van der Waals surface area (Å²) in [6, 6.07) is 55.5. The van der Waals surface area contributed by atoms with Gasteiger partial charge in [0.15, 0.2) is 17.5 Å². The van der Waals surface area contributed by atoms with Crippen molar-refractivity contribution in [1.29, 1.82) is 0 Å². The summed E-state index contributed by atoms with van der Waals surface area (Å²) >= 11 is 0. The largest absolute Gasteiger partial charge is 0.308 e. The minimum Gasteiger partial charge on any atom is -0.308 e. The molecule has 0 N–H and O–H groups in total. The minimum absolute atomic E-state index is 0.116. The molecule has 0 fully saturated rings. The summed E-state index contributed by atoms with van der Waals surface area (Å²) in [6.07, 6.45) is 0. The van der Waals surface area contributed by atoms with E-state index < -0.39 is 11.6 Å².